The fourth-order valence-corrected chi connectivity index (χ4v) is 2.05. The highest BCUT2D eigenvalue weighted by molar-refractivity contribution is 8.56. The number of imidazole rings is 1. The van der Waals surface area contributed by atoms with Gasteiger partial charge in [-0.15, -0.1) is 0 Å². The zero-order chi connectivity index (χ0) is 7.61. The Bertz CT molecular complexity index is 241. The van der Waals surface area contributed by atoms with Crippen molar-refractivity contribution in [2.45, 2.75) is 5.16 Å². The summed E-state index contributed by atoms with van der Waals surface area (Å²) in [7, 11) is 0. The van der Waals surface area contributed by atoms with Gasteiger partial charge in [0.25, 0.3) is 6.65 Å². The molecule has 5 N–H and O–H groups in total. The van der Waals surface area contributed by atoms with Crippen molar-refractivity contribution in [2.24, 2.45) is 11.0 Å². The molecule has 0 aliphatic carbocycles. The first-order valence-electron chi connectivity index (χ1n) is 2.44. The largest absolute Gasteiger partial charge is 0.339 e. The van der Waals surface area contributed by atoms with Crippen molar-refractivity contribution in [1.82, 2.24) is 9.97 Å². The maximum atomic E-state index is 10.7. The molecule has 1 aromatic rings. The Morgan fingerprint density at radius 3 is 2.80 bits per heavy atom. The fraction of sp³-hybridized carbons (Fsp3) is 0. The van der Waals surface area contributed by atoms with Crippen LogP contribution in [0.5, 0.6) is 0 Å². The molecule has 0 aliphatic rings. The topological polar surface area (TPSA) is 97.8 Å². The van der Waals surface area contributed by atoms with Crippen molar-refractivity contribution >= 4 is 18.0 Å². The first-order chi connectivity index (χ1) is 4.58. The first-order valence-corrected chi connectivity index (χ1v) is 5.71. The van der Waals surface area contributed by atoms with Crippen molar-refractivity contribution in [2.75, 3.05) is 0 Å². The van der Waals surface area contributed by atoms with Crippen molar-refractivity contribution in [3.05, 3.63) is 12.4 Å². The third kappa shape index (κ3) is 2.53. The van der Waals surface area contributed by atoms with Crippen LogP contribution in [-0.4, -0.2) is 9.97 Å². The monoisotopic (exact) mass is 178 g/mol. The Morgan fingerprint density at radius 2 is 2.40 bits per heavy atom. The highest BCUT2D eigenvalue weighted by Gasteiger charge is 2.11. The lowest BCUT2D eigenvalue weighted by molar-refractivity contribution is 0.586. The fourth-order valence-electron chi connectivity index (χ4n) is 0.436. The second kappa shape index (κ2) is 2.75. The van der Waals surface area contributed by atoms with Gasteiger partial charge in [-0.1, -0.05) is 0 Å². The Morgan fingerprint density at radius 1 is 1.70 bits per heavy atom. The second-order valence-corrected chi connectivity index (χ2v) is 5.75. The summed E-state index contributed by atoms with van der Waals surface area (Å²) in [6.45, 7) is -3.03. The molecule has 0 amide bonds. The SMILES string of the molecule is NP(N)(=O)Sc1ncc[nH]1. The van der Waals surface area contributed by atoms with Gasteiger partial charge in [-0.05, 0) is 0 Å². The van der Waals surface area contributed by atoms with Crippen LogP contribution in [0.3, 0.4) is 0 Å². The quantitative estimate of drug-likeness (QED) is 0.574. The lowest BCUT2D eigenvalue weighted by Gasteiger charge is -2.00. The molecule has 0 unspecified atom stereocenters. The van der Waals surface area contributed by atoms with Crippen LogP contribution >= 0.6 is 18.0 Å². The van der Waals surface area contributed by atoms with E-state index < -0.39 is 6.65 Å². The Labute approximate surface area is 61.8 Å². The zero-order valence-electron chi connectivity index (χ0n) is 5.02. The number of hydrogen-bond acceptors (Lipinski definition) is 3. The van der Waals surface area contributed by atoms with Gasteiger partial charge in [-0.3, -0.25) is 15.6 Å². The summed E-state index contributed by atoms with van der Waals surface area (Å²) < 4.78 is 10.7. The summed E-state index contributed by atoms with van der Waals surface area (Å²) in [4.78, 5) is 6.49. The normalized spacial score (nSPS) is 11.8. The van der Waals surface area contributed by atoms with Crippen LogP contribution in [0.15, 0.2) is 17.6 Å². The Balaban J connectivity index is 2.66. The predicted molar refractivity (Wildman–Crippen MR) is 40.4 cm³/mol. The molecule has 1 rings (SSSR count). The average molecular weight is 178 g/mol. The zero-order valence-corrected chi connectivity index (χ0v) is 6.73. The highest BCUT2D eigenvalue weighted by Crippen LogP contribution is 2.46. The number of H-pyrrole nitrogens is 1. The van der Waals surface area contributed by atoms with Gasteiger partial charge in [0.2, 0.25) is 0 Å². The highest BCUT2D eigenvalue weighted by atomic mass is 32.7. The van der Waals surface area contributed by atoms with Crippen LogP contribution in [-0.2, 0) is 4.57 Å². The van der Waals surface area contributed by atoms with Crippen molar-refractivity contribution < 1.29 is 4.57 Å². The van der Waals surface area contributed by atoms with E-state index in [2.05, 4.69) is 9.97 Å². The standard InChI is InChI=1S/C3H7N4OPS/c4-9(5,8)10-3-6-1-2-7-3/h1-2H,(H,6,7)(H4,4,5,8). The van der Waals surface area contributed by atoms with Crippen LogP contribution in [0, 0.1) is 0 Å². The van der Waals surface area contributed by atoms with Crippen molar-refractivity contribution in [1.29, 1.82) is 0 Å². The summed E-state index contributed by atoms with van der Waals surface area (Å²) in [5.41, 5.74) is 10.1. The third-order valence-corrected chi connectivity index (χ3v) is 2.76. The van der Waals surface area contributed by atoms with Gasteiger partial charge < -0.3 is 4.98 Å². The molecule has 7 heteroatoms. The molecule has 0 atom stereocenters. The molecular weight excluding hydrogens is 171 g/mol. The summed E-state index contributed by atoms with van der Waals surface area (Å²) in [6, 6.07) is 0. The summed E-state index contributed by atoms with van der Waals surface area (Å²) in [5.74, 6) is 0. The molecule has 1 heterocycles. The molecule has 5 nitrogen and oxygen atoms in total. The van der Waals surface area contributed by atoms with E-state index >= 15 is 0 Å². The van der Waals surface area contributed by atoms with Gasteiger partial charge in [0.15, 0.2) is 5.16 Å². The lowest BCUT2D eigenvalue weighted by atomic mass is 11.0. The predicted octanol–water partition coefficient (Wildman–Crippen LogP) is 0.527. The molecule has 10 heavy (non-hydrogen) atoms. The molecule has 0 radical (unpaired) electrons. The molecule has 1 aromatic heterocycles. The van der Waals surface area contributed by atoms with E-state index in [4.69, 9.17) is 11.0 Å². The number of hydrogen-bond donors (Lipinski definition) is 3. The van der Waals surface area contributed by atoms with Crippen LogP contribution < -0.4 is 11.0 Å². The van der Waals surface area contributed by atoms with Gasteiger partial charge in [0.1, 0.15) is 0 Å². The minimum absolute atomic E-state index is 0.480. The summed E-state index contributed by atoms with van der Waals surface area (Å²) in [6.07, 6.45) is 3.15. The van der Waals surface area contributed by atoms with E-state index in [9.17, 15) is 4.57 Å². The van der Waals surface area contributed by atoms with Crippen LogP contribution in [0.4, 0.5) is 0 Å². The number of nitrogens with zero attached hydrogens (tertiary/aromatic N) is 1. The lowest BCUT2D eigenvalue weighted by Crippen LogP contribution is -1.99. The van der Waals surface area contributed by atoms with Crippen LogP contribution in [0.1, 0.15) is 0 Å². The molecule has 0 saturated heterocycles. The Hall–Kier alpha value is -0.290. The number of nitrogens with two attached hydrogens (primary N) is 2. The minimum Gasteiger partial charge on any atom is -0.339 e. The molecule has 56 valence electrons. The minimum atomic E-state index is -3.03. The molecule has 0 fully saturated rings. The number of nitrogens with one attached hydrogen (secondary N) is 1. The molecule has 0 aliphatic heterocycles. The first kappa shape index (κ1) is 7.81. The number of aromatic amines is 1. The van der Waals surface area contributed by atoms with Gasteiger partial charge in [0, 0.05) is 23.8 Å². The smallest absolute Gasteiger partial charge is 0.268 e. The van der Waals surface area contributed by atoms with E-state index in [1.54, 1.807) is 6.20 Å². The summed E-state index contributed by atoms with van der Waals surface area (Å²) in [5, 5.41) is 0.480. The van der Waals surface area contributed by atoms with Gasteiger partial charge in [-0.2, -0.15) is 0 Å². The number of aromatic nitrogens is 2. The van der Waals surface area contributed by atoms with Crippen molar-refractivity contribution in [3.8, 4) is 0 Å². The van der Waals surface area contributed by atoms with E-state index in [-0.39, 0.29) is 0 Å². The maximum Gasteiger partial charge on any atom is 0.268 e. The van der Waals surface area contributed by atoms with E-state index in [1.165, 1.54) is 6.20 Å². The second-order valence-electron chi connectivity index (χ2n) is 1.63. The molecular formula is C3H7N4OPS. The van der Waals surface area contributed by atoms with Gasteiger partial charge in [0.05, 0.1) is 0 Å². The summed E-state index contributed by atoms with van der Waals surface area (Å²) >= 11 is 0.852. The van der Waals surface area contributed by atoms with Crippen LogP contribution in [0.25, 0.3) is 0 Å². The molecule has 0 aromatic carbocycles. The molecule has 0 saturated carbocycles. The van der Waals surface area contributed by atoms with E-state index in [0.29, 0.717) is 5.16 Å². The molecule has 0 bridgehead atoms. The molecule has 0 spiro atoms. The van der Waals surface area contributed by atoms with E-state index in [1.807, 2.05) is 0 Å². The van der Waals surface area contributed by atoms with Crippen molar-refractivity contribution in [3.63, 3.8) is 0 Å². The average Bonchev–Trinajstić information content (AvgIpc) is 2.12. The van der Waals surface area contributed by atoms with Crippen LogP contribution in [0.2, 0.25) is 0 Å². The maximum absolute atomic E-state index is 10.7. The third-order valence-electron chi connectivity index (χ3n) is 0.702. The van der Waals surface area contributed by atoms with E-state index in [0.717, 1.165) is 11.4 Å². The van der Waals surface area contributed by atoms with Gasteiger partial charge in [-0.25, -0.2) is 4.98 Å². The van der Waals surface area contributed by atoms with Gasteiger partial charge >= 0.3 is 0 Å². The Kier molecular flexibility index (Phi) is 2.15. The number of rotatable bonds is 2.